The summed E-state index contributed by atoms with van der Waals surface area (Å²) >= 11 is 11.7. The van der Waals surface area contributed by atoms with Crippen LogP contribution in [0.5, 0.6) is 0 Å². The molecule has 0 saturated carbocycles. The van der Waals surface area contributed by atoms with Crippen LogP contribution in [-0.4, -0.2) is 35.9 Å². The topological polar surface area (TPSA) is 38.3 Å². The molecule has 0 aromatic heterocycles. The van der Waals surface area contributed by atoms with Crippen LogP contribution in [0.4, 0.5) is 0 Å². The van der Waals surface area contributed by atoms with Crippen molar-refractivity contribution < 1.29 is 9.53 Å². The molecule has 1 fully saturated rings. The number of carbonyl (C=O) groups excluding carboxylic acids is 1. The number of halogens is 2. The van der Waals surface area contributed by atoms with Gasteiger partial charge in [0.25, 0.3) is 0 Å². The smallest absolute Gasteiger partial charge is 0.249 e. The van der Waals surface area contributed by atoms with Crippen molar-refractivity contribution in [3.8, 4) is 0 Å². The van der Waals surface area contributed by atoms with Gasteiger partial charge in [-0.2, -0.15) is 0 Å². The fraction of sp³-hybridized carbons (Fsp3) is 0.909. The van der Waals surface area contributed by atoms with Gasteiger partial charge >= 0.3 is 0 Å². The van der Waals surface area contributed by atoms with E-state index in [1.54, 1.807) is 0 Å². The second kappa shape index (κ2) is 6.67. The predicted octanol–water partition coefficient (Wildman–Crippen LogP) is 2.30. The SMILES string of the molecule is CCC(CCl)(CCl)NC(=O)C1CCCCO1. The van der Waals surface area contributed by atoms with Gasteiger partial charge < -0.3 is 10.1 Å². The van der Waals surface area contributed by atoms with E-state index in [4.69, 9.17) is 27.9 Å². The van der Waals surface area contributed by atoms with E-state index >= 15 is 0 Å². The molecule has 5 heteroatoms. The average molecular weight is 268 g/mol. The van der Waals surface area contributed by atoms with Crippen molar-refractivity contribution in [2.75, 3.05) is 18.4 Å². The highest BCUT2D eigenvalue weighted by Gasteiger charge is 2.32. The summed E-state index contributed by atoms with van der Waals surface area (Å²) in [6.45, 7) is 2.63. The molecule has 1 N–H and O–H groups in total. The van der Waals surface area contributed by atoms with Crippen molar-refractivity contribution in [2.24, 2.45) is 0 Å². The molecule has 1 aliphatic rings. The third-order valence-corrected chi connectivity index (χ3v) is 4.07. The minimum absolute atomic E-state index is 0.0807. The van der Waals surface area contributed by atoms with Gasteiger partial charge in [-0.15, -0.1) is 23.2 Å². The van der Waals surface area contributed by atoms with Crippen LogP contribution in [0.1, 0.15) is 32.6 Å². The molecule has 1 rings (SSSR count). The van der Waals surface area contributed by atoms with Crippen LogP contribution in [-0.2, 0) is 9.53 Å². The number of rotatable bonds is 5. The van der Waals surface area contributed by atoms with E-state index in [2.05, 4.69) is 5.32 Å². The summed E-state index contributed by atoms with van der Waals surface area (Å²) < 4.78 is 5.42. The highest BCUT2D eigenvalue weighted by Crippen LogP contribution is 2.18. The lowest BCUT2D eigenvalue weighted by molar-refractivity contribution is -0.137. The Bertz CT molecular complexity index is 218. The van der Waals surface area contributed by atoms with Crippen LogP contribution in [0.25, 0.3) is 0 Å². The maximum atomic E-state index is 11.9. The van der Waals surface area contributed by atoms with Gasteiger partial charge in [0, 0.05) is 18.4 Å². The Morgan fingerprint density at radius 1 is 1.44 bits per heavy atom. The van der Waals surface area contributed by atoms with Crippen LogP contribution < -0.4 is 5.32 Å². The van der Waals surface area contributed by atoms with Crippen molar-refractivity contribution in [1.29, 1.82) is 0 Å². The Morgan fingerprint density at radius 2 is 2.12 bits per heavy atom. The van der Waals surface area contributed by atoms with Crippen molar-refractivity contribution in [3.05, 3.63) is 0 Å². The van der Waals surface area contributed by atoms with Gasteiger partial charge in [-0.1, -0.05) is 6.92 Å². The maximum absolute atomic E-state index is 11.9. The number of amides is 1. The summed E-state index contributed by atoms with van der Waals surface area (Å²) in [4.78, 5) is 11.9. The van der Waals surface area contributed by atoms with Crippen molar-refractivity contribution in [2.45, 2.75) is 44.2 Å². The van der Waals surface area contributed by atoms with Crippen LogP contribution in [0.2, 0.25) is 0 Å². The van der Waals surface area contributed by atoms with E-state index in [0.29, 0.717) is 18.4 Å². The summed E-state index contributed by atoms with van der Waals surface area (Å²) in [5.74, 6) is 0.569. The Kier molecular flexibility index (Phi) is 5.87. The van der Waals surface area contributed by atoms with Crippen LogP contribution in [0, 0.1) is 0 Å². The molecule has 0 spiro atoms. The molecule has 1 heterocycles. The molecular weight excluding hydrogens is 249 g/mol. The lowest BCUT2D eigenvalue weighted by Crippen LogP contribution is -2.55. The number of nitrogens with one attached hydrogen (secondary N) is 1. The van der Waals surface area contributed by atoms with E-state index in [-0.39, 0.29) is 12.0 Å². The average Bonchev–Trinajstić information content (AvgIpc) is 2.37. The highest BCUT2D eigenvalue weighted by molar-refractivity contribution is 6.22. The molecule has 0 aromatic carbocycles. The number of alkyl halides is 2. The lowest BCUT2D eigenvalue weighted by atomic mass is 10.00. The fourth-order valence-corrected chi connectivity index (χ4v) is 2.47. The summed E-state index contributed by atoms with van der Waals surface area (Å²) in [5, 5.41) is 2.92. The lowest BCUT2D eigenvalue weighted by Gasteiger charge is -2.32. The number of hydrogen-bond acceptors (Lipinski definition) is 2. The zero-order chi connectivity index (χ0) is 12.0. The third-order valence-electron chi connectivity index (χ3n) is 3.05. The van der Waals surface area contributed by atoms with Crippen molar-refractivity contribution >= 4 is 29.1 Å². The molecule has 0 radical (unpaired) electrons. The van der Waals surface area contributed by atoms with E-state index in [1.807, 2.05) is 6.92 Å². The van der Waals surface area contributed by atoms with E-state index in [1.165, 1.54) is 0 Å². The predicted molar refractivity (Wildman–Crippen MR) is 66.2 cm³/mol. The number of ether oxygens (including phenoxy) is 1. The Hall–Kier alpha value is 0.01000. The molecule has 1 amide bonds. The van der Waals surface area contributed by atoms with Gasteiger partial charge in [0.1, 0.15) is 6.10 Å². The quantitative estimate of drug-likeness (QED) is 0.777. The monoisotopic (exact) mass is 267 g/mol. The van der Waals surface area contributed by atoms with Gasteiger partial charge in [0.15, 0.2) is 0 Å². The van der Waals surface area contributed by atoms with Gasteiger partial charge in [-0.25, -0.2) is 0 Å². The summed E-state index contributed by atoms with van der Waals surface area (Å²) in [6.07, 6.45) is 3.26. The van der Waals surface area contributed by atoms with E-state index < -0.39 is 5.54 Å². The van der Waals surface area contributed by atoms with Crippen molar-refractivity contribution in [3.63, 3.8) is 0 Å². The first-order chi connectivity index (χ1) is 7.67. The Morgan fingerprint density at radius 3 is 2.56 bits per heavy atom. The van der Waals surface area contributed by atoms with E-state index in [9.17, 15) is 4.79 Å². The molecule has 0 aromatic rings. The van der Waals surface area contributed by atoms with Gasteiger partial charge in [0.05, 0.1) is 5.54 Å². The highest BCUT2D eigenvalue weighted by atomic mass is 35.5. The first-order valence-corrected chi connectivity index (χ1v) is 6.80. The number of hydrogen-bond donors (Lipinski definition) is 1. The minimum atomic E-state index is -0.499. The normalized spacial score (nSPS) is 21.8. The molecule has 1 unspecified atom stereocenters. The largest absolute Gasteiger partial charge is 0.368 e. The molecular formula is C11H19Cl2NO2. The van der Waals surface area contributed by atoms with Gasteiger partial charge in [-0.3, -0.25) is 4.79 Å². The maximum Gasteiger partial charge on any atom is 0.249 e. The van der Waals surface area contributed by atoms with Crippen LogP contribution in [0.3, 0.4) is 0 Å². The summed E-state index contributed by atoms with van der Waals surface area (Å²) in [7, 11) is 0. The van der Waals surface area contributed by atoms with Crippen LogP contribution >= 0.6 is 23.2 Å². The summed E-state index contributed by atoms with van der Waals surface area (Å²) in [5.41, 5.74) is -0.499. The fourth-order valence-electron chi connectivity index (χ4n) is 1.67. The van der Waals surface area contributed by atoms with Gasteiger partial charge in [0.2, 0.25) is 5.91 Å². The molecule has 1 aliphatic heterocycles. The van der Waals surface area contributed by atoms with Gasteiger partial charge in [-0.05, 0) is 25.7 Å². The molecule has 1 atom stereocenters. The molecule has 16 heavy (non-hydrogen) atoms. The number of carbonyl (C=O) groups is 1. The molecule has 0 aliphatic carbocycles. The van der Waals surface area contributed by atoms with E-state index in [0.717, 1.165) is 25.7 Å². The minimum Gasteiger partial charge on any atom is -0.368 e. The van der Waals surface area contributed by atoms with Crippen LogP contribution in [0.15, 0.2) is 0 Å². The zero-order valence-electron chi connectivity index (χ0n) is 9.60. The molecule has 3 nitrogen and oxygen atoms in total. The Balaban J connectivity index is 2.53. The first-order valence-electron chi connectivity index (χ1n) is 5.73. The standard InChI is InChI=1S/C11H19Cl2NO2/c1-2-11(7-12,8-13)14-10(15)9-5-3-4-6-16-9/h9H,2-8H2,1H3,(H,14,15). The Labute approximate surface area is 107 Å². The molecule has 1 saturated heterocycles. The second-order valence-corrected chi connectivity index (χ2v) is 4.78. The molecule has 0 bridgehead atoms. The second-order valence-electron chi connectivity index (χ2n) is 4.25. The zero-order valence-corrected chi connectivity index (χ0v) is 11.1. The third kappa shape index (κ3) is 3.51. The summed E-state index contributed by atoms with van der Waals surface area (Å²) in [6, 6.07) is 0. The van der Waals surface area contributed by atoms with Crippen molar-refractivity contribution in [1.82, 2.24) is 5.32 Å². The molecule has 94 valence electrons. The first kappa shape index (κ1) is 14.1.